The molecule has 2 rings (SSSR count). The van der Waals surface area contributed by atoms with Gasteiger partial charge in [0.05, 0.1) is 0 Å². The quantitative estimate of drug-likeness (QED) is 0.532. The Morgan fingerprint density at radius 3 is 2.50 bits per heavy atom. The summed E-state index contributed by atoms with van der Waals surface area (Å²) in [6.07, 6.45) is 4.58. The van der Waals surface area contributed by atoms with Crippen LogP contribution in [0.3, 0.4) is 0 Å². The average molecular weight is 138 g/mol. The average Bonchev–Trinajstić information content (AvgIpc) is 2.44. The van der Waals surface area contributed by atoms with E-state index in [0.29, 0.717) is 0 Å². The first-order valence-electron chi connectivity index (χ1n) is 4.26. The van der Waals surface area contributed by atoms with Gasteiger partial charge in [-0.25, -0.2) is 0 Å². The molecular weight excluding hydrogens is 124 g/mol. The third-order valence-corrected chi connectivity index (χ3v) is 3.40. The largest absolute Gasteiger partial charge is 0.303 e. The summed E-state index contributed by atoms with van der Waals surface area (Å²) in [7, 11) is 0. The molecule has 2 aliphatic carbocycles. The monoisotopic (exact) mass is 138 g/mol. The SMILES string of the molecule is CC1C2CC(CC=O)CC12. The van der Waals surface area contributed by atoms with Gasteiger partial charge in [-0.2, -0.15) is 0 Å². The van der Waals surface area contributed by atoms with Gasteiger partial charge in [0.15, 0.2) is 0 Å². The molecule has 10 heavy (non-hydrogen) atoms. The minimum Gasteiger partial charge on any atom is -0.303 e. The first-order chi connectivity index (χ1) is 4.83. The van der Waals surface area contributed by atoms with E-state index < -0.39 is 0 Å². The third-order valence-electron chi connectivity index (χ3n) is 3.40. The van der Waals surface area contributed by atoms with Crippen LogP contribution >= 0.6 is 0 Å². The highest BCUT2D eigenvalue weighted by molar-refractivity contribution is 5.49. The second kappa shape index (κ2) is 2.08. The summed E-state index contributed by atoms with van der Waals surface area (Å²) < 4.78 is 0. The summed E-state index contributed by atoms with van der Waals surface area (Å²) >= 11 is 0. The predicted octanol–water partition coefficient (Wildman–Crippen LogP) is 1.87. The van der Waals surface area contributed by atoms with Gasteiger partial charge in [0.2, 0.25) is 0 Å². The molecule has 56 valence electrons. The Hall–Kier alpha value is -0.330. The van der Waals surface area contributed by atoms with E-state index in [2.05, 4.69) is 6.92 Å². The van der Waals surface area contributed by atoms with Crippen LogP contribution in [0.1, 0.15) is 26.2 Å². The molecular formula is C9H14O. The van der Waals surface area contributed by atoms with Crippen molar-refractivity contribution < 1.29 is 4.79 Å². The zero-order chi connectivity index (χ0) is 7.14. The van der Waals surface area contributed by atoms with Crippen molar-refractivity contribution in [3.05, 3.63) is 0 Å². The van der Waals surface area contributed by atoms with Crippen molar-refractivity contribution in [3.8, 4) is 0 Å². The van der Waals surface area contributed by atoms with Crippen LogP contribution in [0, 0.1) is 23.7 Å². The Morgan fingerprint density at radius 2 is 2.00 bits per heavy atom. The fraction of sp³-hybridized carbons (Fsp3) is 0.889. The first kappa shape index (κ1) is 6.38. The van der Waals surface area contributed by atoms with Gasteiger partial charge in [-0.1, -0.05) is 6.92 Å². The number of hydrogen-bond donors (Lipinski definition) is 0. The Labute approximate surface area is 61.8 Å². The minimum absolute atomic E-state index is 0.753. The Bertz CT molecular complexity index is 141. The van der Waals surface area contributed by atoms with Crippen molar-refractivity contribution in [2.45, 2.75) is 26.2 Å². The second-order valence-corrected chi connectivity index (χ2v) is 3.93. The third kappa shape index (κ3) is 0.799. The molecule has 2 fully saturated rings. The smallest absolute Gasteiger partial charge is 0.120 e. The topological polar surface area (TPSA) is 17.1 Å². The van der Waals surface area contributed by atoms with Crippen LogP contribution in [0.2, 0.25) is 0 Å². The Morgan fingerprint density at radius 1 is 1.40 bits per heavy atom. The molecule has 0 aliphatic heterocycles. The number of carbonyl (C=O) groups excluding carboxylic acids is 1. The van der Waals surface area contributed by atoms with Gasteiger partial charge in [0, 0.05) is 6.42 Å². The molecule has 0 aromatic rings. The fourth-order valence-electron chi connectivity index (χ4n) is 2.61. The van der Waals surface area contributed by atoms with E-state index in [0.717, 1.165) is 36.4 Å². The Balaban J connectivity index is 1.83. The van der Waals surface area contributed by atoms with Gasteiger partial charge in [0.25, 0.3) is 0 Å². The van der Waals surface area contributed by atoms with Crippen molar-refractivity contribution in [2.75, 3.05) is 0 Å². The van der Waals surface area contributed by atoms with Gasteiger partial charge in [0.1, 0.15) is 6.29 Å². The molecule has 2 aliphatic rings. The van der Waals surface area contributed by atoms with Crippen LogP contribution < -0.4 is 0 Å². The summed E-state index contributed by atoms with van der Waals surface area (Å²) in [6, 6.07) is 0. The molecule has 2 saturated carbocycles. The lowest BCUT2D eigenvalue weighted by Crippen LogP contribution is -1.99. The van der Waals surface area contributed by atoms with E-state index >= 15 is 0 Å². The fourth-order valence-corrected chi connectivity index (χ4v) is 2.61. The van der Waals surface area contributed by atoms with Crippen LogP contribution in [0.25, 0.3) is 0 Å². The van der Waals surface area contributed by atoms with Crippen molar-refractivity contribution in [2.24, 2.45) is 23.7 Å². The molecule has 0 spiro atoms. The molecule has 2 unspecified atom stereocenters. The molecule has 0 saturated heterocycles. The van der Waals surface area contributed by atoms with E-state index in [4.69, 9.17) is 0 Å². The van der Waals surface area contributed by atoms with Crippen molar-refractivity contribution in [1.29, 1.82) is 0 Å². The number of carbonyl (C=O) groups is 1. The van der Waals surface area contributed by atoms with E-state index in [1.54, 1.807) is 0 Å². The highest BCUT2D eigenvalue weighted by Gasteiger charge is 2.52. The van der Waals surface area contributed by atoms with Crippen molar-refractivity contribution in [1.82, 2.24) is 0 Å². The zero-order valence-electron chi connectivity index (χ0n) is 6.42. The first-order valence-corrected chi connectivity index (χ1v) is 4.26. The number of aldehydes is 1. The summed E-state index contributed by atoms with van der Waals surface area (Å²) in [5.74, 6) is 3.75. The molecule has 0 N–H and O–H groups in total. The lowest BCUT2D eigenvalue weighted by molar-refractivity contribution is -0.108. The zero-order valence-corrected chi connectivity index (χ0v) is 6.42. The van der Waals surface area contributed by atoms with Crippen LogP contribution in [0.5, 0.6) is 0 Å². The maximum Gasteiger partial charge on any atom is 0.120 e. The van der Waals surface area contributed by atoms with Crippen LogP contribution in [-0.4, -0.2) is 6.29 Å². The van der Waals surface area contributed by atoms with Gasteiger partial charge in [-0.15, -0.1) is 0 Å². The maximum atomic E-state index is 10.2. The van der Waals surface area contributed by atoms with Crippen LogP contribution in [0.4, 0.5) is 0 Å². The van der Waals surface area contributed by atoms with Crippen LogP contribution in [0.15, 0.2) is 0 Å². The normalized spacial score (nSPS) is 50.5. The van der Waals surface area contributed by atoms with Gasteiger partial charge >= 0.3 is 0 Å². The molecule has 0 aromatic carbocycles. The number of rotatable bonds is 2. The van der Waals surface area contributed by atoms with Gasteiger partial charge < -0.3 is 4.79 Å². The van der Waals surface area contributed by atoms with E-state index in [9.17, 15) is 4.79 Å². The molecule has 0 amide bonds. The summed E-state index contributed by atoms with van der Waals surface area (Å²) in [6.45, 7) is 2.34. The lowest BCUT2D eigenvalue weighted by atomic mass is 9.98. The number of hydrogen-bond acceptors (Lipinski definition) is 1. The molecule has 0 heterocycles. The molecule has 2 atom stereocenters. The van der Waals surface area contributed by atoms with E-state index in [1.165, 1.54) is 12.8 Å². The van der Waals surface area contributed by atoms with Gasteiger partial charge in [-0.05, 0) is 36.5 Å². The summed E-state index contributed by atoms with van der Waals surface area (Å²) in [4.78, 5) is 10.2. The lowest BCUT2D eigenvalue weighted by Gasteiger charge is -2.07. The maximum absolute atomic E-state index is 10.2. The second-order valence-electron chi connectivity index (χ2n) is 3.93. The minimum atomic E-state index is 0.753. The predicted molar refractivity (Wildman–Crippen MR) is 39.5 cm³/mol. The van der Waals surface area contributed by atoms with Crippen LogP contribution in [-0.2, 0) is 4.79 Å². The standard InChI is InChI=1S/C9H14O/c1-6-8-4-7(2-3-10)5-9(6)8/h3,6-9H,2,4-5H2,1H3. The Kier molecular flexibility index (Phi) is 1.33. The van der Waals surface area contributed by atoms with Crippen molar-refractivity contribution >= 4 is 6.29 Å². The molecule has 1 heteroatoms. The molecule has 0 aromatic heterocycles. The van der Waals surface area contributed by atoms with Gasteiger partial charge in [-0.3, -0.25) is 0 Å². The van der Waals surface area contributed by atoms with E-state index in [-0.39, 0.29) is 0 Å². The summed E-state index contributed by atoms with van der Waals surface area (Å²) in [5.41, 5.74) is 0. The highest BCUT2D eigenvalue weighted by atomic mass is 16.1. The van der Waals surface area contributed by atoms with E-state index in [1.807, 2.05) is 0 Å². The molecule has 0 radical (unpaired) electrons. The van der Waals surface area contributed by atoms with Crippen molar-refractivity contribution in [3.63, 3.8) is 0 Å². The highest BCUT2D eigenvalue weighted by Crippen LogP contribution is 2.59. The number of fused-ring (bicyclic) bond motifs is 1. The summed E-state index contributed by atoms with van der Waals surface area (Å²) in [5, 5.41) is 0. The molecule has 1 nitrogen and oxygen atoms in total. The molecule has 0 bridgehead atoms.